The number of hydrogen-bond donors (Lipinski definition) is 1. The van der Waals surface area contributed by atoms with Crippen molar-refractivity contribution in [2.45, 2.75) is 25.9 Å². The number of rotatable bonds is 4. The average Bonchev–Trinajstić information content (AvgIpc) is 2.21. The first-order valence-corrected chi connectivity index (χ1v) is 7.67. The van der Waals surface area contributed by atoms with Crippen LogP contribution >= 0.6 is 7.28 Å². The van der Waals surface area contributed by atoms with Gasteiger partial charge in [0.1, 0.15) is 0 Å². The topological polar surface area (TPSA) is 32.6 Å². The zero-order valence-electron chi connectivity index (χ0n) is 9.77. The molecule has 0 heterocycles. The minimum atomic E-state index is -2.05. The first kappa shape index (κ1) is 12.5. The normalized spacial score (nSPS) is 14.7. The van der Waals surface area contributed by atoms with E-state index >= 15 is 0 Å². The Bertz CT molecular complexity index is 350. The highest BCUT2D eigenvalue weighted by atomic mass is 31.2. The maximum atomic E-state index is 9.89. The van der Waals surface area contributed by atoms with Gasteiger partial charge in [-0.2, -0.15) is 0 Å². The number of benzene rings is 1. The molecule has 1 atom stereocenters. The molecule has 84 valence electrons. The van der Waals surface area contributed by atoms with Crippen molar-refractivity contribution in [2.75, 3.05) is 13.7 Å². The number of nitrogens with zero attached hydrogens (tertiary/aromatic N) is 1. The Labute approximate surface area is 92.5 Å². The zero-order valence-corrected chi connectivity index (χ0v) is 10.7. The molecule has 1 rings (SSSR count). The van der Waals surface area contributed by atoms with Gasteiger partial charge in [-0.1, -0.05) is 37.6 Å². The SMILES string of the molecule is CCCc1ccc(CP(C)(O)=NC)cc1. The van der Waals surface area contributed by atoms with Crippen molar-refractivity contribution in [1.82, 2.24) is 0 Å². The molecule has 2 nitrogen and oxygen atoms in total. The Morgan fingerprint density at radius 1 is 1.20 bits per heavy atom. The van der Waals surface area contributed by atoms with Gasteiger partial charge >= 0.3 is 0 Å². The minimum absolute atomic E-state index is 0.690. The van der Waals surface area contributed by atoms with Crippen molar-refractivity contribution in [3.63, 3.8) is 0 Å². The van der Waals surface area contributed by atoms with Crippen molar-refractivity contribution >= 4 is 7.28 Å². The molecule has 1 aromatic rings. The lowest BCUT2D eigenvalue weighted by Crippen LogP contribution is -1.88. The second kappa shape index (κ2) is 5.48. The highest BCUT2D eigenvalue weighted by molar-refractivity contribution is 7.58. The summed E-state index contributed by atoms with van der Waals surface area (Å²) in [6.07, 6.45) is 2.99. The first-order chi connectivity index (χ1) is 7.07. The third-order valence-corrected chi connectivity index (χ3v) is 4.30. The van der Waals surface area contributed by atoms with Crippen molar-refractivity contribution in [2.24, 2.45) is 4.74 Å². The van der Waals surface area contributed by atoms with E-state index in [1.165, 1.54) is 17.5 Å². The molecule has 0 aliphatic rings. The highest BCUT2D eigenvalue weighted by Crippen LogP contribution is 2.43. The summed E-state index contributed by atoms with van der Waals surface area (Å²) >= 11 is 0. The van der Waals surface area contributed by atoms with E-state index in [-0.39, 0.29) is 0 Å². The molecule has 0 aliphatic heterocycles. The van der Waals surface area contributed by atoms with Gasteiger partial charge in [0.05, 0.1) is 7.28 Å². The fourth-order valence-corrected chi connectivity index (χ4v) is 2.56. The molecule has 0 spiro atoms. The lowest BCUT2D eigenvalue weighted by atomic mass is 10.1. The van der Waals surface area contributed by atoms with E-state index < -0.39 is 7.28 Å². The van der Waals surface area contributed by atoms with Gasteiger partial charge in [0.15, 0.2) is 0 Å². The smallest absolute Gasteiger partial charge is 0.0825 e. The monoisotopic (exact) mass is 225 g/mol. The lowest BCUT2D eigenvalue weighted by Gasteiger charge is -2.11. The summed E-state index contributed by atoms with van der Waals surface area (Å²) in [6, 6.07) is 8.50. The zero-order chi connectivity index (χ0) is 11.3. The summed E-state index contributed by atoms with van der Waals surface area (Å²) < 4.78 is 4.04. The van der Waals surface area contributed by atoms with E-state index in [1.54, 1.807) is 7.05 Å². The summed E-state index contributed by atoms with van der Waals surface area (Å²) in [4.78, 5) is 9.89. The van der Waals surface area contributed by atoms with Gasteiger partial charge in [0.2, 0.25) is 0 Å². The van der Waals surface area contributed by atoms with Gasteiger partial charge in [0, 0.05) is 13.2 Å². The molecule has 0 bridgehead atoms. The molecule has 0 fully saturated rings. The van der Waals surface area contributed by atoms with E-state index in [0.717, 1.165) is 6.42 Å². The minimum Gasteiger partial charge on any atom is -0.359 e. The van der Waals surface area contributed by atoms with Crippen LogP contribution in [0.1, 0.15) is 24.5 Å². The molecule has 1 aromatic carbocycles. The van der Waals surface area contributed by atoms with Crippen LogP contribution in [-0.2, 0) is 12.6 Å². The van der Waals surface area contributed by atoms with Crippen LogP contribution < -0.4 is 0 Å². The molecular formula is C12H20NOP. The summed E-state index contributed by atoms with van der Waals surface area (Å²) in [5.74, 6) is 0. The molecule has 0 aromatic heterocycles. The molecule has 3 heteroatoms. The second-order valence-electron chi connectivity index (χ2n) is 4.01. The average molecular weight is 225 g/mol. The molecule has 0 amide bonds. The third-order valence-electron chi connectivity index (χ3n) is 2.47. The first-order valence-electron chi connectivity index (χ1n) is 5.35. The van der Waals surface area contributed by atoms with Crippen molar-refractivity contribution in [3.05, 3.63) is 35.4 Å². The third kappa shape index (κ3) is 4.19. The van der Waals surface area contributed by atoms with Crippen LogP contribution in [0.5, 0.6) is 0 Å². The van der Waals surface area contributed by atoms with Gasteiger partial charge in [-0.15, -0.1) is 0 Å². The summed E-state index contributed by atoms with van der Waals surface area (Å²) in [5.41, 5.74) is 2.55. The molecule has 0 aliphatic carbocycles. The summed E-state index contributed by atoms with van der Waals surface area (Å²) in [6.45, 7) is 4.02. The Kier molecular flexibility index (Phi) is 4.56. The lowest BCUT2D eigenvalue weighted by molar-refractivity contribution is 0.615. The Hall–Kier alpha value is -0.590. The molecule has 1 N–H and O–H groups in total. The van der Waals surface area contributed by atoms with Crippen molar-refractivity contribution < 1.29 is 4.89 Å². The van der Waals surface area contributed by atoms with Crippen LogP contribution in [0.3, 0.4) is 0 Å². The van der Waals surface area contributed by atoms with Crippen LogP contribution in [0.25, 0.3) is 0 Å². The standard InChI is InChI=1S/C12H20NOP/c1-4-5-11-6-8-12(9-7-11)10-15(3,14)13-2/h6-9,14H,4-5,10H2,1-3H3. The predicted molar refractivity (Wildman–Crippen MR) is 67.6 cm³/mol. The fraction of sp³-hybridized carbons (Fsp3) is 0.500. The number of hydrogen-bond acceptors (Lipinski definition) is 1. The van der Waals surface area contributed by atoms with Gasteiger partial charge in [-0.05, 0) is 24.2 Å². The highest BCUT2D eigenvalue weighted by Gasteiger charge is 2.07. The van der Waals surface area contributed by atoms with Gasteiger partial charge in [-0.3, -0.25) is 4.74 Å². The maximum Gasteiger partial charge on any atom is 0.0825 e. The van der Waals surface area contributed by atoms with Crippen molar-refractivity contribution in [1.29, 1.82) is 0 Å². The van der Waals surface area contributed by atoms with Gasteiger partial charge in [-0.25, -0.2) is 0 Å². The van der Waals surface area contributed by atoms with Crippen LogP contribution in [-0.4, -0.2) is 18.6 Å². The van der Waals surface area contributed by atoms with Crippen molar-refractivity contribution in [3.8, 4) is 0 Å². The Morgan fingerprint density at radius 2 is 1.73 bits per heavy atom. The Morgan fingerprint density at radius 3 is 2.20 bits per heavy atom. The van der Waals surface area contributed by atoms with Crippen LogP contribution in [0.4, 0.5) is 0 Å². The van der Waals surface area contributed by atoms with E-state index in [0.29, 0.717) is 6.16 Å². The molecular weight excluding hydrogens is 205 g/mol. The van der Waals surface area contributed by atoms with Crippen LogP contribution in [0.15, 0.2) is 29.0 Å². The quantitative estimate of drug-likeness (QED) is 0.781. The predicted octanol–water partition coefficient (Wildman–Crippen LogP) is 3.51. The second-order valence-corrected chi connectivity index (χ2v) is 6.91. The summed E-state index contributed by atoms with van der Waals surface area (Å²) in [5, 5.41) is 0. The molecule has 0 radical (unpaired) electrons. The van der Waals surface area contributed by atoms with Crippen LogP contribution in [0.2, 0.25) is 0 Å². The molecule has 1 unspecified atom stereocenters. The fourth-order valence-electron chi connectivity index (χ4n) is 1.52. The molecule has 15 heavy (non-hydrogen) atoms. The Balaban J connectivity index is 2.73. The van der Waals surface area contributed by atoms with E-state index in [1.807, 2.05) is 6.66 Å². The number of aryl methyl sites for hydroxylation is 1. The maximum absolute atomic E-state index is 9.89. The van der Waals surface area contributed by atoms with E-state index in [2.05, 4.69) is 35.9 Å². The summed E-state index contributed by atoms with van der Waals surface area (Å²) in [7, 11) is -0.357. The van der Waals surface area contributed by atoms with E-state index in [9.17, 15) is 4.89 Å². The van der Waals surface area contributed by atoms with Crippen LogP contribution in [0, 0.1) is 0 Å². The largest absolute Gasteiger partial charge is 0.359 e. The molecule has 0 saturated carbocycles. The van der Waals surface area contributed by atoms with E-state index in [4.69, 9.17) is 0 Å². The molecule has 0 saturated heterocycles. The van der Waals surface area contributed by atoms with Gasteiger partial charge in [0.25, 0.3) is 0 Å². The van der Waals surface area contributed by atoms with Gasteiger partial charge < -0.3 is 4.89 Å².